The van der Waals surface area contributed by atoms with Crippen LogP contribution in [0.2, 0.25) is 0 Å². The number of hydrogen-bond donors (Lipinski definition) is 10. The number of imidazole rings is 4. The predicted octanol–water partition coefficient (Wildman–Crippen LogP) is 16.8. The van der Waals surface area contributed by atoms with Crippen LogP contribution in [0.25, 0.3) is 123 Å². The lowest BCUT2D eigenvalue weighted by Crippen LogP contribution is -2.11. The fraction of sp³-hybridized carbons (Fsp3) is 0.108. The van der Waals surface area contributed by atoms with Crippen LogP contribution in [-0.4, -0.2) is 133 Å². The quantitative estimate of drug-likeness (QED) is 0.0251. The lowest BCUT2D eigenvalue weighted by atomic mass is 10.1. The second kappa shape index (κ2) is 38.3. The Morgan fingerprint density at radius 1 is 0.377 bits per heavy atom. The van der Waals surface area contributed by atoms with Gasteiger partial charge < -0.3 is 41.7 Å². The van der Waals surface area contributed by atoms with Gasteiger partial charge in [-0.3, -0.25) is 27.8 Å². The Morgan fingerprint density at radius 2 is 0.762 bits per heavy atom. The topological polar surface area (TPSA) is 397 Å². The first-order chi connectivity index (χ1) is 63.6. The Hall–Kier alpha value is -16.2. The van der Waals surface area contributed by atoms with Crippen LogP contribution in [0.1, 0.15) is 70.4 Å². The van der Waals surface area contributed by atoms with Crippen molar-refractivity contribution in [1.29, 1.82) is 0 Å². The van der Waals surface area contributed by atoms with Gasteiger partial charge in [0.05, 0.1) is 147 Å². The molecule has 0 saturated carbocycles. The maximum absolute atomic E-state index is 13.6. The van der Waals surface area contributed by atoms with Gasteiger partial charge in [0.2, 0.25) is 23.8 Å². The average molecular weight is 1770 g/mol. The monoisotopic (exact) mass is 1770 g/mol. The SMILES string of the molecule is CC(Nc1nccc(-c2c(-c3ccc(F)cc3)nc3cc(CO)ccn23)n1)c1cscn1.CC(Nc1nccc(-c2c(-c3ccc(F)cc3)nc3cc(CO)ccn23)n1)c1ncn[nH]1.OCc1ccn2c(-c3ccnc(NCc4ccn[nH]4)n3)c(-c3ccc(F)cc3)nc2c1.OCc1ccn2c(-c3ccnc(NCc4nc5ccccc5s4)n3)c(-c3ccc(F)cc3)nc2c1. The van der Waals surface area contributed by atoms with Crippen LogP contribution in [0.4, 0.5) is 41.4 Å². The van der Waals surface area contributed by atoms with Crippen molar-refractivity contribution in [3.05, 3.63) is 341 Å². The Kier molecular flexibility index (Phi) is 25.0. The number of aliphatic hydroxyl groups is 4. The lowest BCUT2D eigenvalue weighted by Gasteiger charge is -2.12. The third kappa shape index (κ3) is 18.9. The number of aromatic nitrogens is 23. The van der Waals surface area contributed by atoms with Crippen LogP contribution in [0.15, 0.2) is 273 Å². The number of thiazole rings is 2. The van der Waals surface area contributed by atoms with Crippen LogP contribution in [-0.2, 0) is 39.5 Å². The molecule has 0 saturated heterocycles. The van der Waals surface area contributed by atoms with E-state index in [0.717, 1.165) is 93.9 Å². The van der Waals surface area contributed by atoms with Crippen molar-refractivity contribution in [2.45, 2.75) is 65.4 Å². The van der Waals surface area contributed by atoms with Crippen molar-refractivity contribution in [1.82, 2.24) is 113 Å². The van der Waals surface area contributed by atoms with Crippen molar-refractivity contribution >= 4 is 79.3 Å². The van der Waals surface area contributed by atoms with Gasteiger partial charge in [0.15, 0.2) is 0 Å². The first kappa shape index (κ1) is 84.6. The predicted molar refractivity (Wildman–Crippen MR) is 486 cm³/mol. The molecule has 0 fully saturated rings. The Balaban J connectivity index is 0.000000117. The average Bonchev–Trinajstić information content (AvgIpc) is 1.63. The van der Waals surface area contributed by atoms with Gasteiger partial charge in [-0.05, 0) is 224 Å². The molecule has 0 aliphatic heterocycles. The van der Waals surface area contributed by atoms with E-state index in [0.29, 0.717) is 111 Å². The number of rotatable bonds is 24. The third-order valence-electron chi connectivity index (χ3n) is 20.7. The van der Waals surface area contributed by atoms with Crippen molar-refractivity contribution in [3.63, 3.8) is 0 Å². The van der Waals surface area contributed by atoms with E-state index in [1.54, 1.807) is 108 Å². The van der Waals surface area contributed by atoms with E-state index in [1.807, 2.05) is 147 Å². The van der Waals surface area contributed by atoms with Gasteiger partial charge in [-0.1, -0.05) is 12.1 Å². The zero-order chi connectivity index (χ0) is 89.1. The van der Waals surface area contributed by atoms with Crippen molar-refractivity contribution < 1.29 is 38.0 Å². The molecule has 0 radical (unpaired) electrons. The molecule has 16 heterocycles. The highest BCUT2D eigenvalue weighted by Crippen LogP contribution is 2.39. The maximum Gasteiger partial charge on any atom is 0.223 e. The van der Waals surface area contributed by atoms with Crippen molar-refractivity contribution in [3.8, 4) is 90.6 Å². The van der Waals surface area contributed by atoms with Gasteiger partial charge in [0.1, 0.15) is 63.0 Å². The Labute approximate surface area is 744 Å². The highest BCUT2D eigenvalue weighted by Gasteiger charge is 2.25. The summed E-state index contributed by atoms with van der Waals surface area (Å²) in [5, 5.41) is 67.5. The normalized spacial score (nSPS) is 11.7. The number of nitrogens with one attached hydrogen (secondary N) is 6. The smallest absolute Gasteiger partial charge is 0.223 e. The van der Waals surface area contributed by atoms with E-state index >= 15 is 0 Å². The van der Waals surface area contributed by atoms with E-state index in [2.05, 4.69) is 87.6 Å². The van der Waals surface area contributed by atoms with Gasteiger partial charge in [-0.25, -0.2) is 92.3 Å². The summed E-state index contributed by atoms with van der Waals surface area (Å²) in [6, 6.07) is 56.2. The number of anilines is 4. The molecule has 0 aliphatic rings. The highest BCUT2D eigenvalue weighted by molar-refractivity contribution is 7.18. The van der Waals surface area contributed by atoms with Gasteiger partial charge in [-0.2, -0.15) is 10.2 Å². The molecule has 0 spiro atoms. The summed E-state index contributed by atoms with van der Waals surface area (Å²) in [6.07, 6.45) is 17.2. The number of halogens is 4. The molecule has 646 valence electrons. The number of nitrogens with zero attached hydrogens (tertiary/aromatic N) is 21. The first-order valence-electron chi connectivity index (χ1n) is 40.5. The minimum Gasteiger partial charge on any atom is -0.392 e. The molecule has 21 rings (SSSR count). The fourth-order valence-corrected chi connectivity index (χ4v) is 15.9. The van der Waals surface area contributed by atoms with Crippen LogP contribution < -0.4 is 21.3 Å². The highest BCUT2D eigenvalue weighted by atomic mass is 32.1. The molecule has 0 aliphatic carbocycles. The minimum atomic E-state index is -0.323. The Bertz CT molecular complexity index is 7250. The minimum absolute atomic E-state index is 0.0534. The molecule has 2 unspecified atom stereocenters. The number of H-pyrrole nitrogens is 2. The summed E-state index contributed by atoms with van der Waals surface area (Å²) < 4.78 is 62.9. The summed E-state index contributed by atoms with van der Waals surface area (Å²) in [4.78, 5) is 68.4. The zero-order valence-corrected chi connectivity index (χ0v) is 70.5. The van der Waals surface area contributed by atoms with Crippen LogP contribution in [0.5, 0.6) is 0 Å². The summed E-state index contributed by atoms with van der Waals surface area (Å²) in [6.45, 7) is 4.58. The molecule has 2 atom stereocenters. The Morgan fingerprint density at radius 3 is 1.12 bits per heavy atom. The molecule has 10 N–H and O–H groups in total. The largest absolute Gasteiger partial charge is 0.392 e. The van der Waals surface area contributed by atoms with E-state index in [4.69, 9.17) is 34.9 Å². The molecule has 0 bridgehead atoms. The first-order valence-corrected chi connectivity index (χ1v) is 42.3. The third-order valence-corrected chi connectivity index (χ3v) is 22.4. The van der Waals surface area contributed by atoms with Crippen LogP contribution >= 0.6 is 22.7 Å². The number of benzene rings is 5. The number of hydrogen-bond acceptors (Lipinski definition) is 27. The molecule has 37 heteroatoms. The van der Waals surface area contributed by atoms with Crippen LogP contribution in [0, 0.1) is 23.3 Å². The van der Waals surface area contributed by atoms with E-state index < -0.39 is 0 Å². The summed E-state index contributed by atoms with van der Waals surface area (Å²) >= 11 is 3.17. The van der Waals surface area contributed by atoms with Gasteiger partial charge in [0, 0.05) is 83.4 Å². The van der Waals surface area contributed by atoms with Gasteiger partial charge in [-0.15, -0.1) is 22.7 Å². The fourth-order valence-electron chi connectivity index (χ4n) is 14.3. The number of pyridine rings is 4. The van der Waals surface area contributed by atoms with E-state index in [1.165, 1.54) is 66.2 Å². The summed E-state index contributed by atoms with van der Waals surface area (Å²) in [5.74, 6) is 1.20. The van der Waals surface area contributed by atoms with Gasteiger partial charge >= 0.3 is 0 Å². The van der Waals surface area contributed by atoms with Gasteiger partial charge in [0.25, 0.3) is 0 Å². The molecule has 21 aromatic rings. The maximum atomic E-state index is 13.6. The number of aromatic amines is 2. The number of aliphatic hydroxyl groups excluding tert-OH is 4. The standard InChI is InChI=1S/C26H19FN6OS.C23H19FN6OS.C22H19FN8O.C22H18FN7O/c27-18-7-5-17(6-8-18)24-25(33-12-10-16(15-34)13-22(33)32-24)20-9-11-28-26(31-20)29-14-23-30-19-3-1-2-4-21(19)35-23;1-14(19-12-32-13-26-19)27-23-25-8-6-18(28-23)22-21(16-2-4-17(24)5-3-16)29-20-10-15(11-31)7-9-30(20)22;1-13(21-25-12-26-30-21)27-22-24-8-6-17(28-22)20-19(15-2-4-16(23)5-3-15)29-18-10-14(11-32)7-9-31(18)20;23-16-3-1-15(2-4-16)20-21(30-10-7-14(13-31)11-19(30)28-20)18-6-8-24-22(27-18)25-12-17-5-9-26-29-17/h1-13,34H,14-15H2,(H,28,29,31);2-10,12-14,31H,11H2,1H3,(H,25,27,28);2-10,12-13,32H,11H2,1H3,(H,24,27,28)(H,25,26,30);1-11,31H,12-13H2,(H,26,29)(H,24,25,27). The molecule has 16 aromatic heterocycles. The second-order valence-electron chi connectivity index (χ2n) is 29.4. The summed E-state index contributed by atoms with van der Waals surface area (Å²) in [7, 11) is 0. The van der Waals surface area contributed by atoms with Crippen molar-refractivity contribution in [2.75, 3.05) is 21.3 Å². The second-order valence-corrected chi connectivity index (χ2v) is 31.2. The zero-order valence-electron chi connectivity index (χ0n) is 68.9. The molecule has 5 aromatic carbocycles. The van der Waals surface area contributed by atoms with E-state index in [-0.39, 0.29) is 61.8 Å². The molecular weight excluding hydrogens is 1700 g/mol. The lowest BCUT2D eigenvalue weighted by molar-refractivity contribution is 0.281. The molecule has 31 nitrogen and oxygen atoms in total. The number of fused-ring (bicyclic) bond motifs is 5. The van der Waals surface area contributed by atoms with E-state index in [9.17, 15) is 38.0 Å². The van der Waals surface area contributed by atoms with Crippen molar-refractivity contribution in [2.24, 2.45) is 0 Å². The number of para-hydroxylation sites is 1. The summed E-state index contributed by atoms with van der Waals surface area (Å²) in [5.41, 5.74) is 21.5. The molecule has 0 amide bonds. The molecule has 130 heavy (non-hydrogen) atoms. The molecular formula is C93H75F4N27O4S2. The van der Waals surface area contributed by atoms with Crippen LogP contribution in [0.3, 0.4) is 0 Å².